The maximum absolute atomic E-state index is 13.5. The first-order chi connectivity index (χ1) is 9.95. The lowest BCUT2D eigenvalue weighted by Crippen LogP contribution is -2.29. The zero-order chi connectivity index (χ0) is 15.0. The summed E-state index contributed by atoms with van der Waals surface area (Å²) in [4.78, 5) is 0.235. The minimum atomic E-state index is -3.29. The number of halogens is 1. The van der Waals surface area contributed by atoms with Crippen molar-refractivity contribution in [2.24, 2.45) is 7.05 Å². The smallest absolute Gasteiger partial charge is 0.178 e. The Morgan fingerprint density at radius 2 is 2.29 bits per heavy atom. The molecule has 1 aliphatic rings. The number of aromatic nitrogens is 2. The minimum Gasteiger partial charge on any atom is -0.306 e. The maximum atomic E-state index is 13.5. The second-order valence-corrected chi connectivity index (χ2v) is 7.32. The summed E-state index contributed by atoms with van der Waals surface area (Å²) in [6.45, 7) is 0.564. The molecule has 1 N–H and O–H groups in total. The molecule has 0 saturated carbocycles. The molecule has 112 valence electrons. The van der Waals surface area contributed by atoms with Crippen molar-refractivity contribution in [3.63, 3.8) is 0 Å². The van der Waals surface area contributed by atoms with Crippen LogP contribution in [0.1, 0.15) is 23.6 Å². The molecule has 1 unspecified atom stereocenters. The largest absolute Gasteiger partial charge is 0.306 e. The summed E-state index contributed by atoms with van der Waals surface area (Å²) < 4.78 is 39.2. The molecule has 1 aromatic carbocycles. The van der Waals surface area contributed by atoms with Crippen LogP contribution in [-0.4, -0.2) is 24.0 Å². The molecule has 1 aromatic heterocycles. The number of sulfone groups is 1. The van der Waals surface area contributed by atoms with Crippen molar-refractivity contribution in [2.75, 3.05) is 5.75 Å². The van der Waals surface area contributed by atoms with Gasteiger partial charge in [0.2, 0.25) is 0 Å². The van der Waals surface area contributed by atoms with Gasteiger partial charge in [-0.25, -0.2) is 12.8 Å². The van der Waals surface area contributed by atoms with Gasteiger partial charge in [-0.2, -0.15) is 5.10 Å². The fourth-order valence-corrected chi connectivity index (χ4v) is 4.23. The molecule has 0 saturated heterocycles. The van der Waals surface area contributed by atoms with Crippen LogP contribution in [0.2, 0.25) is 0 Å². The van der Waals surface area contributed by atoms with Crippen molar-refractivity contribution in [1.82, 2.24) is 15.1 Å². The summed E-state index contributed by atoms with van der Waals surface area (Å²) in [5.41, 5.74) is 1.52. The van der Waals surface area contributed by atoms with Gasteiger partial charge in [0.15, 0.2) is 9.84 Å². The summed E-state index contributed by atoms with van der Waals surface area (Å²) in [6.07, 6.45) is 4.08. The Hall–Kier alpha value is -1.73. The number of fused-ring (bicyclic) bond motifs is 1. The van der Waals surface area contributed by atoms with Crippen LogP contribution in [0.15, 0.2) is 35.5 Å². The third-order valence-electron chi connectivity index (χ3n) is 3.67. The van der Waals surface area contributed by atoms with Gasteiger partial charge in [-0.1, -0.05) is 0 Å². The molecule has 2 heterocycles. The van der Waals surface area contributed by atoms with Gasteiger partial charge in [-0.3, -0.25) is 4.68 Å². The van der Waals surface area contributed by atoms with Gasteiger partial charge >= 0.3 is 0 Å². The van der Waals surface area contributed by atoms with E-state index in [1.807, 2.05) is 13.2 Å². The van der Waals surface area contributed by atoms with Crippen molar-refractivity contribution >= 4 is 9.84 Å². The highest BCUT2D eigenvalue weighted by molar-refractivity contribution is 7.91. The average Bonchev–Trinajstić information content (AvgIpc) is 2.83. The van der Waals surface area contributed by atoms with E-state index in [0.717, 1.165) is 5.56 Å². The van der Waals surface area contributed by atoms with Gasteiger partial charge in [-0.05, 0) is 30.2 Å². The molecule has 0 radical (unpaired) electrons. The summed E-state index contributed by atoms with van der Waals surface area (Å²) in [5, 5.41) is 7.37. The Morgan fingerprint density at radius 1 is 1.48 bits per heavy atom. The van der Waals surface area contributed by atoms with Crippen molar-refractivity contribution in [3.8, 4) is 0 Å². The molecule has 1 atom stereocenters. The summed E-state index contributed by atoms with van der Waals surface area (Å²) >= 11 is 0. The summed E-state index contributed by atoms with van der Waals surface area (Å²) in [6, 6.07) is 3.70. The van der Waals surface area contributed by atoms with Gasteiger partial charge in [0.1, 0.15) is 5.82 Å². The lowest BCUT2D eigenvalue weighted by Gasteiger charge is -2.26. The zero-order valence-electron chi connectivity index (χ0n) is 11.6. The van der Waals surface area contributed by atoms with Crippen LogP contribution in [0.5, 0.6) is 0 Å². The number of nitrogens with zero attached hydrogens (tertiary/aromatic N) is 2. The van der Waals surface area contributed by atoms with Crippen LogP contribution in [0.25, 0.3) is 0 Å². The predicted molar refractivity (Wildman–Crippen MR) is 75.9 cm³/mol. The Labute approximate surface area is 122 Å². The van der Waals surface area contributed by atoms with Crippen molar-refractivity contribution in [3.05, 3.63) is 47.5 Å². The van der Waals surface area contributed by atoms with E-state index in [1.165, 1.54) is 18.2 Å². The fourth-order valence-electron chi connectivity index (χ4n) is 2.63. The highest BCUT2D eigenvalue weighted by Crippen LogP contribution is 2.32. The lowest BCUT2D eigenvalue weighted by atomic mass is 10.0. The first-order valence-electron chi connectivity index (χ1n) is 6.69. The third-order valence-corrected chi connectivity index (χ3v) is 5.48. The predicted octanol–water partition coefficient (Wildman–Crippen LogP) is 1.57. The number of hydrogen-bond acceptors (Lipinski definition) is 4. The minimum absolute atomic E-state index is 0.0797. The van der Waals surface area contributed by atoms with Crippen LogP contribution in [-0.2, 0) is 23.4 Å². The molecule has 0 fully saturated rings. The van der Waals surface area contributed by atoms with E-state index in [9.17, 15) is 12.8 Å². The maximum Gasteiger partial charge on any atom is 0.178 e. The van der Waals surface area contributed by atoms with E-state index in [0.29, 0.717) is 18.5 Å². The SMILES string of the molecule is Cn1cc(CNC2CCS(=O)(=O)c3ccc(F)cc32)cn1. The van der Waals surface area contributed by atoms with E-state index in [1.54, 1.807) is 10.9 Å². The topological polar surface area (TPSA) is 64.0 Å². The highest BCUT2D eigenvalue weighted by Gasteiger charge is 2.30. The Balaban J connectivity index is 1.86. The van der Waals surface area contributed by atoms with E-state index in [-0.39, 0.29) is 16.7 Å². The first-order valence-corrected chi connectivity index (χ1v) is 8.34. The van der Waals surface area contributed by atoms with Crippen LogP contribution < -0.4 is 5.32 Å². The molecule has 3 rings (SSSR count). The van der Waals surface area contributed by atoms with E-state index < -0.39 is 15.7 Å². The molecule has 0 bridgehead atoms. The van der Waals surface area contributed by atoms with Gasteiger partial charge in [-0.15, -0.1) is 0 Å². The fraction of sp³-hybridized carbons (Fsp3) is 0.357. The normalized spacial score (nSPS) is 20.2. The Bertz CT molecular complexity index is 770. The molecular formula is C14H16FN3O2S. The Morgan fingerprint density at radius 3 is 3.00 bits per heavy atom. The molecule has 0 amide bonds. The van der Waals surface area contributed by atoms with Gasteiger partial charge in [0.05, 0.1) is 16.8 Å². The van der Waals surface area contributed by atoms with Crippen LogP contribution in [0, 0.1) is 5.82 Å². The van der Waals surface area contributed by atoms with Crippen LogP contribution in [0.3, 0.4) is 0 Å². The number of benzene rings is 1. The quantitative estimate of drug-likeness (QED) is 0.874. The molecule has 21 heavy (non-hydrogen) atoms. The third kappa shape index (κ3) is 2.84. The van der Waals surface area contributed by atoms with E-state index in [4.69, 9.17) is 0 Å². The lowest BCUT2D eigenvalue weighted by molar-refractivity contribution is 0.487. The molecule has 2 aromatic rings. The summed E-state index contributed by atoms with van der Waals surface area (Å²) in [5.74, 6) is -0.338. The second-order valence-electron chi connectivity index (χ2n) is 5.25. The number of nitrogens with one attached hydrogen (secondary N) is 1. The number of rotatable bonds is 3. The molecular weight excluding hydrogens is 293 g/mol. The van der Waals surface area contributed by atoms with E-state index in [2.05, 4.69) is 10.4 Å². The highest BCUT2D eigenvalue weighted by atomic mass is 32.2. The molecule has 5 nitrogen and oxygen atoms in total. The van der Waals surface area contributed by atoms with Crippen molar-refractivity contribution < 1.29 is 12.8 Å². The average molecular weight is 309 g/mol. The molecule has 1 aliphatic heterocycles. The van der Waals surface area contributed by atoms with Gasteiger partial charge in [0.25, 0.3) is 0 Å². The van der Waals surface area contributed by atoms with Crippen LogP contribution >= 0.6 is 0 Å². The Kier molecular flexibility index (Phi) is 3.54. The summed E-state index contributed by atoms with van der Waals surface area (Å²) in [7, 11) is -1.46. The number of hydrogen-bond donors (Lipinski definition) is 1. The number of aryl methyl sites for hydroxylation is 1. The second kappa shape index (κ2) is 5.23. The van der Waals surface area contributed by atoms with Crippen molar-refractivity contribution in [2.45, 2.75) is 23.9 Å². The van der Waals surface area contributed by atoms with E-state index >= 15 is 0 Å². The monoisotopic (exact) mass is 309 g/mol. The van der Waals surface area contributed by atoms with Crippen LogP contribution in [0.4, 0.5) is 4.39 Å². The first kappa shape index (κ1) is 14.2. The zero-order valence-corrected chi connectivity index (χ0v) is 12.4. The molecule has 0 spiro atoms. The molecule has 0 aliphatic carbocycles. The van der Waals surface area contributed by atoms with Gasteiger partial charge < -0.3 is 5.32 Å². The standard InChI is InChI=1S/C14H16FN3O2S/c1-18-9-10(8-17-18)7-16-13-4-5-21(19,20)14-3-2-11(15)6-12(13)14/h2-3,6,8-9,13,16H,4-5,7H2,1H3. The van der Waals surface area contributed by atoms with Crippen molar-refractivity contribution in [1.29, 1.82) is 0 Å². The van der Waals surface area contributed by atoms with Gasteiger partial charge in [0, 0.05) is 31.4 Å². The molecule has 7 heteroatoms.